The molecule has 1 amide bonds. The van der Waals surface area contributed by atoms with Crippen molar-refractivity contribution in [3.63, 3.8) is 0 Å². The molecule has 0 aliphatic carbocycles. The molecule has 1 unspecified atom stereocenters. The first-order valence-electron chi connectivity index (χ1n) is 6.78. The Labute approximate surface area is 119 Å². The fraction of sp³-hybridized carbons (Fsp3) is 0.500. The molecule has 110 valence electrons. The molecule has 2 rings (SSSR count). The molecule has 1 fully saturated rings. The minimum atomic E-state index is -3.79. The maximum absolute atomic E-state index is 12.5. The van der Waals surface area contributed by atoms with Gasteiger partial charge in [-0.3, -0.25) is 4.79 Å². The summed E-state index contributed by atoms with van der Waals surface area (Å²) in [6.45, 7) is 4.55. The van der Waals surface area contributed by atoms with E-state index in [-0.39, 0.29) is 16.8 Å². The second-order valence-electron chi connectivity index (χ2n) is 5.28. The van der Waals surface area contributed by atoms with E-state index < -0.39 is 10.0 Å². The van der Waals surface area contributed by atoms with Crippen molar-refractivity contribution in [1.82, 2.24) is 4.90 Å². The molecule has 0 aromatic heterocycles. The Kier molecular flexibility index (Phi) is 4.15. The second-order valence-corrected chi connectivity index (χ2v) is 6.84. The van der Waals surface area contributed by atoms with Gasteiger partial charge in [0.1, 0.15) is 0 Å². The normalized spacial score (nSPS) is 19.4. The SMILES string of the molecule is CCC1CCCN1C(=O)c1cc(C)cc(S(N)(=O)=O)c1. The molecule has 1 heterocycles. The summed E-state index contributed by atoms with van der Waals surface area (Å²) in [5, 5.41) is 5.15. The van der Waals surface area contributed by atoms with Crippen molar-refractivity contribution < 1.29 is 13.2 Å². The molecule has 6 heteroatoms. The lowest BCUT2D eigenvalue weighted by Crippen LogP contribution is -2.35. The van der Waals surface area contributed by atoms with Crippen LogP contribution in [0, 0.1) is 6.92 Å². The lowest BCUT2D eigenvalue weighted by molar-refractivity contribution is 0.0733. The van der Waals surface area contributed by atoms with Crippen molar-refractivity contribution in [2.24, 2.45) is 5.14 Å². The number of sulfonamides is 1. The van der Waals surface area contributed by atoms with Crippen LogP contribution in [0.25, 0.3) is 0 Å². The van der Waals surface area contributed by atoms with Gasteiger partial charge >= 0.3 is 0 Å². The van der Waals surface area contributed by atoms with Crippen LogP contribution in [0.15, 0.2) is 23.1 Å². The van der Waals surface area contributed by atoms with Crippen molar-refractivity contribution in [1.29, 1.82) is 0 Å². The molecule has 1 aliphatic rings. The minimum Gasteiger partial charge on any atom is -0.336 e. The van der Waals surface area contributed by atoms with Gasteiger partial charge in [-0.15, -0.1) is 0 Å². The lowest BCUT2D eigenvalue weighted by Gasteiger charge is -2.24. The van der Waals surface area contributed by atoms with Crippen molar-refractivity contribution >= 4 is 15.9 Å². The molecule has 1 aromatic rings. The molecule has 0 bridgehead atoms. The lowest BCUT2D eigenvalue weighted by atomic mass is 10.1. The number of carbonyl (C=O) groups is 1. The van der Waals surface area contributed by atoms with Gasteiger partial charge in [-0.2, -0.15) is 0 Å². The van der Waals surface area contributed by atoms with E-state index in [1.54, 1.807) is 13.0 Å². The van der Waals surface area contributed by atoms with Gasteiger partial charge in [0.2, 0.25) is 10.0 Å². The van der Waals surface area contributed by atoms with Crippen LogP contribution in [-0.4, -0.2) is 31.8 Å². The maximum atomic E-state index is 12.5. The Morgan fingerprint density at radius 3 is 2.70 bits per heavy atom. The van der Waals surface area contributed by atoms with E-state index >= 15 is 0 Å². The zero-order valence-corrected chi connectivity index (χ0v) is 12.6. The summed E-state index contributed by atoms with van der Waals surface area (Å²) in [6.07, 6.45) is 2.92. The molecule has 1 saturated heterocycles. The highest BCUT2D eigenvalue weighted by Gasteiger charge is 2.28. The third kappa shape index (κ3) is 3.02. The monoisotopic (exact) mass is 296 g/mol. The fourth-order valence-corrected chi connectivity index (χ4v) is 3.37. The maximum Gasteiger partial charge on any atom is 0.254 e. The third-order valence-electron chi connectivity index (χ3n) is 3.74. The Hall–Kier alpha value is -1.40. The number of benzene rings is 1. The van der Waals surface area contributed by atoms with Crippen LogP contribution >= 0.6 is 0 Å². The standard InChI is InChI=1S/C14H20N2O3S/c1-3-12-5-4-6-16(12)14(17)11-7-10(2)8-13(9-11)20(15,18)19/h7-9,12H,3-6H2,1-2H3,(H2,15,18,19). The zero-order chi connectivity index (χ0) is 14.9. The summed E-state index contributed by atoms with van der Waals surface area (Å²) in [6, 6.07) is 4.81. The molecule has 1 atom stereocenters. The average molecular weight is 296 g/mol. The molecule has 5 nitrogen and oxygen atoms in total. The van der Waals surface area contributed by atoms with Gasteiger partial charge in [0.05, 0.1) is 4.90 Å². The summed E-state index contributed by atoms with van der Waals surface area (Å²) >= 11 is 0. The average Bonchev–Trinajstić information content (AvgIpc) is 2.84. The van der Waals surface area contributed by atoms with Crippen molar-refractivity contribution in [2.45, 2.75) is 44.0 Å². The van der Waals surface area contributed by atoms with Crippen molar-refractivity contribution in [2.75, 3.05) is 6.54 Å². The Morgan fingerprint density at radius 2 is 2.10 bits per heavy atom. The number of hydrogen-bond donors (Lipinski definition) is 1. The first-order valence-corrected chi connectivity index (χ1v) is 8.33. The second kappa shape index (κ2) is 5.54. The summed E-state index contributed by atoms with van der Waals surface area (Å²) in [4.78, 5) is 14.4. The first-order chi connectivity index (χ1) is 9.32. The number of amides is 1. The molecule has 20 heavy (non-hydrogen) atoms. The summed E-state index contributed by atoms with van der Waals surface area (Å²) in [5.74, 6) is -0.108. The number of likely N-dealkylation sites (tertiary alicyclic amines) is 1. The van der Waals surface area contributed by atoms with Gasteiger partial charge in [-0.05, 0) is 49.9 Å². The Balaban J connectivity index is 2.38. The van der Waals surface area contributed by atoms with Crippen LogP contribution in [0.5, 0.6) is 0 Å². The number of rotatable bonds is 3. The quantitative estimate of drug-likeness (QED) is 0.921. The molecule has 1 aliphatic heterocycles. The van der Waals surface area contributed by atoms with Gasteiger partial charge in [-0.25, -0.2) is 13.6 Å². The van der Waals surface area contributed by atoms with E-state index in [0.717, 1.165) is 25.8 Å². The fourth-order valence-electron chi connectivity index (χ4n) is 2.73. The molecule has 0 spiro atoms. The zero-order valence-electron chi connectivity index (χ0n) is 11.8. The van der Waals surface area contributed by atoms with Gasteiger partial charge < -0.3 is 4.90 Å². The van der Waals surface area contributed by atoms with E-state index in [4.69, 9.17) is 5.14 Å². The van der Waals surface area contributed by atoms with E-state index in [1.807, 2.05) is 4.90 Å². The molecule has 0 radical (unpaired) electrons. The van der Waals surface area contributed by atoms with Crippen molar-refractivity contribution in [3.8, 4) is 0 Å². The van der Waals surface area contributed by atoms with Crippen LogP contribution in [0.1, 0.15) is 42.1 Å². The number of nitrogens with two attached hydrogens (primary N) is 1. The Morgan fingerprint density at radius 1 is 1.40 bits per heavy atom. The predicted molar refractivity (Wildman–Crippen MR) is 76.9 cm³/mol. The number of aryl methyl sites for hydroxylation is 1. The smallest absolute Gasteiger partial charge is 0.254 e. The Bertz CT molecular complexity index is 625. The van der Waals surface area contributed by atoms with Crippen molar-refractivity contribution in [3.05, 3.63) is 29.3 Å². The number of carbonyl (C=O) groups excluding carboxylic acids is 1. The van der Waals surface area contributed by atoms with Crippen LogP contribution < -0.4 is 5.14 Å². The van der Waals surface area contributed by atoms with Crippen LogP contribution in [-0.2, 0) is 10.0 Å². The molecular weight excluding hydrogens is 276 g/mol. The number of hydrogen-bond acceptors (Lipinski definition) is 3. The molecular formula is C14H20N2O3S. The van der Waals surface area contributed by atoms with E-state index in [9.17, 15) is 13.2 Å². The number of primary sulfonamides is 1. The number of nitrogens with zero attached hydrogens (tertiary/aromatic N) is 1. The summed E-state index contributed by atoms with van der Waals surface area (Å²) in [5.41, 5.74) is 1.11. The molecule has 1 aromatic carbocycles. The topological polar surface area (TPSA) is 80.5 Å². The highest BCUT2D eigenvalue weighted by Crippen LogP contribution is 2.23. The van der Waals surface area contributed by atoms with Gasteiger partial charge in [0.15, 0.2) is 0 Å². The summed E-state index contributed by atoms with van der Waals surface area (Å²) in [7, 11) is -3.79. The molecule has 2 N–H and O–H groups in total. The van der Waals surface area contributed by atoms with E-state index in [0.29, 0.717) is 11.1 Å². The predicted octanol–water partition coefficient (Wildman–Crippen LogP) is 1.66. The largest absolute Gasteiger partial charge is 0.336 e. The van der Waals surface area contributed by atoms with Gasteiger partial charge in [0, 0.05) is 18.2 Å². The highest BCUT2D eigenvalue weighted by molar-refractivity contribution is 7.89. The first kappa shape index (κ1) is 15.0. The molecule has 0 saturated carbocycles. The highest BCUT2D eigenvalue weighted by atomic mass is 32.2. The van der Waals surface area contributed by atoms with E-state index in [1.165, 1.54) is 12.1 Å². The van der Waals surface area contributed by atoms with E-state index in [2.05, 4.69) is 6.92 Å². The third-order valence-corrected chi connectivity index (χ3v) is 4.63. The van der Waals surface area contributed by atoms with Gasteiger partial charge in [0.25, 0.3) is 5.91 Å². The van der Waals surface area contributed by atoms with Gasteiger partial charge in [-0.1, -0.05) is 6.92 Å². The minimum absolute atomic E-state index is 0.00639. The summed E-state index contributed by atoms with van der Waals surface area (Å²) < 4.78 is 22.9. The van der Waals surface area contributed by atoms with Crippen LogP contribution in [0.4, 0.5) is 0 Å². The van der Waals surface area contributed by atoms with Crippen LogP contribution in [0.2, 0.25) is 0 Å². The van der Waals surface area contributed by atoms with Crippen LogP contribution in [0.3, 0.4) is 0 Å².